The second-order valence-corrected chi connectivity index (χ2v) is 7.78. The van der Waals surface area contributed by atoms with Crippen molar-refractivity contribution >= 4 is 15.9 Å². The zero-order chi connectivity index (χ0) is 16.3. The molecule has 1 N–H and O–H groups in total. The highest BCUT2D eigenvalue weighted by molar-refractivity contribution is 7.89. The number of hydrogen-bond donors (Lipinski definition) is 1. The van der Waals surface area contributed by atoms with E-state index in [4.69, 9.17) is 0 Å². The maximum Gasteiger partial charge on any atom is 0.251 e. The Labute approximate surface area is 132 Å². The first-order valence-corrected chi connectivity index (χ1v) is 9.22. The Morgan fingerprint density at radius 2 is 1.95 bits per heavy atom. The summed E-state index contributed by atoms with van der Waals surface area (Å²) in [6.07, 6.45) is 2.62. The first kappa shape index (κ1) is 17.0. The van der Waals surface area contributed by atoms with Crippen molar-refractivity contribution in [1.82, 2.24) is 9.62 Å². The van der Waals surface area contributed by atoms with Gasteiger partial charge in [-0.2, -0.15) is 4.31 Å². The summed E-state index contributed by atoms with van der Waals surface area (Å²) in [7, 11) is -3.51. The molecule has 0 aromatic heterocycles. The van der Waals surface area contributed by atoms with Crippen LogP contribution < -0.4 is 5.32 Å². The van der Waals surface area contributed by atoms with E-state index in [1.54, 1.807) is 19.1 Å². The van der Waals surface area contributed by atoms with Gasteiger partial charge in [0.15, 0.2) is 0 Å². The lowest BCUT2D eigenvalue weighted by Gasteiger charge is -2.18. The molecule has 0 spiro atoms. The van der Waals surface area contributed by atoms with Gasteiger partial charge in [-0.3, -0.25) is 4.79 Å². The van der Waals surface area contributed by atoms with Gasteiger partial charge in [0.25, 0.3) is 5.91 Å². The smallest absolute Gasteiger partial charge is 0.251 e. The summed E-state index contributed by atoms with van der Waals surface area (Å²) in [5.74, 6) is -0.229. The molecule has 5 nitrogen and oxygen atoms in total. The van der Waals surface area contributed by atoms with Crippen molar-refractivity contribution in [3.8, 4) is 0 Å². The van der Waals surface area contributed by atoms with Crippen molar-refractivity contribution in [3.05, 3.63) is 29.3 Å². The van der Waals surface area contributed by atoms with Gasteiger partial charge >= 0.3 is 0 Å². The Bertz CT molecular complexity index is 649. The van der Waals surface area contributed by atoms with Gasteiger partial charge in [0.1, 0.15) is 0 Å². The highest BCUT2D eigenvalue weighted by Gasteiger charge is 2.29. The lowest BCUT2D eigenvalue weighted by atomic mass is 10.1. The number of carbonyl (C=O) groups is 1. The van der Waals surface area contributed by atoms with Crippen LogP contribution in [0.4, 0.5) is 0 Å². The van der Waals surface area contributed by atoms with Crippen molar-refractivity contribution in [1.29, 1.82) is 0 Å². The predicted octanol–water partition coefficient (Wildman–Crippen LogP) is 2.31. The summed E-state index contributed by atoms with van der Waals surface area (Å²) < 4.78 is 26.9. The minimum Gasteiger partial charge on any atom is -0.350 e. The van der Waals surface area contributed by atoms with Crippen LogP contribution in [0, 0.1) is 6.92 Å². The number of aryl methyl sites for hydroxylation is 1. The van der Waals surface area contributed by atoms with Crippen LogP contribution in [0.2, 0.25) is 0 Å². The highest BCUT2D eigenvalue weighted by atomic mass is 32.2. The molecular formula is C16H24N2O3S. The Hall–Kier alpha value is -1.40. The van der Waals surface area contributed by atoms with Gasteiger partial charge in [-0.15, -0.1) is 0 Å². The maximum atomic E-state index is 12.7. The Kier molecular flexibility index (Phi) is 5.24. The van der Waals surface area contributed by atoms with Gasteiger partial charge in [-0.25, -0.2) is 8.42 Å². The zero-order valence-corrected chi connectivity index (χ0v) is 14.2. The molecule has 6 heteroatoms. The normalized spacial score (nSPS) is 17.4. The molecule has 1 atom stereocenters. The first-order valence-electron chi connectivity index (χ1n) is 7.78. The SMILES string of the molecule is CCC(C)NC(=O)c1ccc(C)c(S(=O)(=O)N2CCCC2)c1. The molecule has 1 amide bonds. The Balaban J connectivity index is 2.32. The van der Waals surface area contributed by atoms with Crippen LogP contribution in [0.5, 0.6) is 0 Å². The number of nitrogens with zero attached hydrogens (tertiary/aromatic N) is 1. The van der Waals surface area contributed by atoms with Gasteiger partial charge < -0.3 is 5.32 Å². The lowest BCUT2D eigenvalue weighted by molar-refractivity contribution is 0.0939. The molecule has 122 valence electrons. The molecule has 1 unspecified atom stereocenters. The average Bonchev–Trinajstić information content (AvgIpc) is 3.02. The van der Waals surface area contributed by atoms with E-state index in [9.17, 15) is 13.2 Å². The molecule has 1 aromatic rings. The van der Waals surface area contributed by atoms with E-state index in [0.29, 0.717) is 24.2 Å². The third kappa shape index (κ3) is 3.50. The molecule has 1 fully saturated rings. The fourth-order valence-electron chi connectivity index (χ4n) is 2.50. The van der Waals surface area contributed by atoms with Crippen molar-refractivity contribution < 1.29 is 13.2 Å². The average molecular weight is 324 g/mol. The molecule has 1 aliphatic heterocycles. The molecule has 1 aromatic carbocycles. The summed E-state index contributed by atoms with van der Waals surface area (Å²) in [5, 5.41) is 2.87. The molecule has 22 heavy (non-hydrogen) atoms. The standard InChI is InChI=1S/C16H24N2O3S/c1-4-13(3)17-16(19)14-8-7-12(2)15(11-14)22(20,21)18-9-5-6-10-18/h7-8,11,13H,4-6,9-10H2,1-3H3,(H,17,19). The molecular weight excluding hydrogens is 300 g/mol. The maximum absolute atomic E-state index is 12.7. The fraction of sp³-hybridized carbons (Fsp3) is 0.562. The number of sulfonamides is 1. The predicted molar refractivity (Wildman–Crippen MR) is 86.4 cm³/mol. The third-order valence-electron chi connectivity index (χ3n) is 4.12. The van der Waals surface area contributed by atoms with Crippen molar-refractivity contribution in [2.75, 3.05) is 13.1 Å². The van der Waals surface area contributed by atoms with Crippen LogP contribution in [0.15, 0.2) is 23.1 Å². The van der Waals surface area contributed by atoms with Gasteiger partial charge in [0.2, 0.25) is 10.0 Å². The van der Waals surface area contributed by atoms with E-state index in [2.05, 4.69) is 5.32 Å². The fourth-order valence-corrected chi connectivity index (χ4v) is 4.26. The largest absolute Gasteiger partial charge is 0.350 e. The van der Waals surface area contributed by atoms with E-state index in [1.165, 1.54) is 10.4 Å². The van der Waals surface area contributed by atoms with Crippen LogP contribution in [0.1, 0.15) is 49.0 Å². The van der Waals surface area contributed by atoms with E-state index in [-0.39, 0.29) is 16.8 Å². The molecule has 1 heterocycles. The number of amides is 1. The van der Waals surface area contributed by atoms with Gasteiger partial charge in [0, 0.05) is 24.7 Å². The topological polar surface area (TPSA) is 66.5 Å². The molecule has 0 saturated carbocycles. The first-order chi connectivity index (χ1) is 10.4. The highest BCUT2D eigenvalue weighted by Crippen LogP contribution is 2.24. The number of nitrogens with one attached hydrogen (secondary N) is 1. The van der Waals surface area contributed by atoms with E-state index in [0.717, 1.165) is 19.3 Å². The lowest BCUT2D eigenvalue weighted by Crippen LogP contribution is -2.32. The molecule has 0 radical (unpaired) electrons. The third-order valence-corrected chi connectivity index (χ3v) is 6.16. The quantitative estimate of drug-likeness (QED) is 0.904. The zero-order valence-electron chi connectivity index (χ0n) is 13.4. The van der Waals surface area contributed by atoms with Gasteiger partial charge in [-0.1, -0.05) is 13.0 Å². The van der Waals surface area contributed by atoms with Crippen molar-refractivity contribution in [3.63, 3.8) is 0 Å². The van der Waals surface area contributed by atoms with Gasteiger partial charge in [-0.05, 0) is 50.8 Å². The van der Waals surface area contributed by atoms with Crippen LogP contribution in [-0.4, -0.2) is 37.8 Å². The second kappa shape index (κ2) is 6.79. The van der Waals surface area contributed by atoms with Crippen LogP contribution in [0.25, 0.3) is 0 Å². The number of benzene rings is 1. The van der Waals surface area contributed by atoms with Crippen LogP contribution in [-0.2, 0) is 10.0 Å². The van der Waals surface area contributed by atoms with Gasteiger partial charge in [0.05, 0.1) is 4.90 Å². The summed E-state index contributed by atoms with van der Waals surface area (Å²) in [5.41, 5.74) is 1.07. The summed E-state index contributed by atoms with van der Waals surface area (Å²) in [4.78, 5) is 12.4. The molecule has 1 aliphatic rings. The van der Waals surface area contributed by atoms with E-state index in [1.807, 2.05) is 13.8 Å². The Morgan fingerprint density at radius 1 is 1.32 bits per heavy atom. The molecule has 1 saturated heterocycles. The summed E-state index contributed by atoms with van der Waals surface area (Å²) in [6.45, 7) is 6.80. The number of hydrogen-bond acceptors (Lipinski definition) is 3. The van der Waals surface area contributed by atoms with Crippen LogP contribution >= 0.6 is 0 Å². The Morgan fingerprint density at radius 3 is 2.55 bits per heavy atom. The molecule has 2 rings (SSSR count). The minimum absolute atomic E-state index is 0.0624. The number of carbonyl (C=O) groups excluding carboxylic acids is 1. The van der Waals surface area contributed by atoms with E-state index < -0.39 is 10.0 Å². The van der Waals surface area contributed by atoms with Crippen molar-refractivity contribution in [2.24, 2.45) is 0 Å². The molecule has 0 aliphatic carbocycles. The summed E-state index contributed by atoms with van der Waals surface area (Å²) in [6, 6.07) is 4.94. The number of rotatable bonds is 5. The van der Waals surface area contributed by atoms with Crippen molar-refractivity contribution in [2.45, 2.75) is 51.0 Å². The summed E-state index contributed by atoms with van der Waals surface area (Å²) >= 11 is 0. The second-order valence-electron chi connectivity index (χ2n) is 5.87. The minimum atomic E-state index is -3.51. The monoisotopic (exact) mass is 324 g/mol. The van der Waals surface area contributed by atoms with Crippen LogP contribution in [0.3, 0.4) is 0 Å². The molecule has 0 bridgehead atoms. The van der Waals surface area contributed by atoms with E-state index >= 15 is 0 Å².